The maximum Gasteiger partial charge on any atom is 0.337 e. The number of nitrogens with zero attached hydrogens (tertiary/aromatic N) is 1. The molecular weight excluding hydrogens is 560 g/mol. The van der Waals surface area contributed by atoms with Crippen LogP contribution in [0.5, 0.6) is 11.5 Å². The number of methoxy groups -OCH3 is 1. The largest absolute Gasteiger partial charge is 0.490 e. The van der Waals surface area contributed by atoms with Crippen molar-refractivity contribution in [2.75, 3.05) is 18.6 Å². The number of carbonyl (C=O) groups excluding carboxylic acids is 4. The Morgan fingerprint density at radius 1 is 0.932 bits per heavy atom. The highest BCUT2D eigenvalue weighted by Crippen LogP contribution is 2.36. The van der Waals surface area contributed by atoms with E-state index in [4.69, 9.17) is 14.2 Å². The average molecular weight is 591 g/mol. The second kappa shape index (κ2) is 13.1. The first kappa shape index (κ1) is 29.8. The van der Waals surface area contributed by atoms with Crippen molar-refractivity contribution < 1.29 is 33.4 Å². The molecule has 0 spiro atoms. The Kier molecular flexibility index (Phi) is 8.85. The van der Waals surface area contributed by atoms with Crippen LogP contribution in [0, 0.1) is 0 Å². The lowest BCUT2D eigenvalue weighted by molar-refractivity contribution is -0.122. The first-order chi connectivity index (χ1) is 21.3. The molecule has 1 fully saturated rings. The number of carbonyl (C=O) groups is 4. The van der Waals surface area contributed by atoms with Crippen molar-refractivity contribution in [3.05, 3.63) is 119 Å². The number of allylic oxidation sites excluding steroid dienone is 1. The number of benzene rings is 4. The molecule has 1 saturated heterocycles. The highest BCUT2D eigenvalue weighted by atomic mass is 16.5. The summed E-state index contributed by atoms with van der Waals surface area (Å²) in [6.07, 6.45) is 3.56. The summed E-state index contributed by atoms with van der Waals surface area (Å²) in [5.41, 5.74) is 2.42. The van der Waals surface area contributed by atoms with Crippen molar-refractivity contribution in [3.63, 3.8) is 0 Å². The number of nitrogens with one attached hydrogen (secondary N) is 1. The van der Waals surface area contributed by atoms with Gasteiger partial charge in [0.15, 0.2) is 11.5 Å². The van der Waals surface area contributed by atoms with E-state index in [-0.39, 0.29) is 16.8 Å². The van der Waals surface area contributed by atoms with Crippen LogP contribution in [0.1, 0.15) is 34.0 Å². The van der Waals surface area contributed by atoms with Crippen molar-refractivity contribution in [2.45, 2.75) is 20.0 Å². The van der Waals surface area contributed by atoms with Crippen LogP contribution in [0.4, 0.5) is 10.5 Å². The Morgan fingerprint density at radius 3 is 2.41 bits per heavy atom. The van der Waals surface area contributed by atoms with E-state index < -0.39 is 23.8 Å². The molecule has 44 heavy (non-hydrogen) atoms. The number of barbiturate groups is 1. The van der Waals surface area contributed by atoms with E-state index in [0.29, 0.717) is 36.7 Å². The molecule has 0 aromatic heterocycles. The van der Waals surface area contributed by atoms with E-state index in [0.717, 1.165) is 26.8 Å². The minimum absolute atomic E-state index is 0.179. The van der Waals surface area contributed by atoms with E-state index in [1.54, 1.807) is 18.2 Å². The molecule has 0 bridgehead atoms. The van der Waals surface area contributed by atoms with Gasteiger partial charge < -0.3 is 14.2 Å². The van der Waals surface area contributed by atoms with Gasteiger partial charge in [-0.2, -0.15) is 0 Å². The van der Waals surface area contributed by atoms with E-state index in [2.05, 4.69) is 11.9 Å². The smallest absolute Gasteiger partial charge is 0.337 e. The molecule has 1 aliphatic rings. The Labute approximate surface area is 254 Å². The van der Waals surface area contributed by atoms with Crippen LogP contribution < -0.4 is 19.7 Å². The lowest BCUT2D eigenvalue weighted by atomic mass is 10.0. The topological polar surface area (TPSA) is 111 Å². The van der Waals surface area contributed by atoms with Gasteiger partial charge in [-0.25, -0.2) is 14.5 Å². The lowest BCUT2D eigenvalue weighted by Crippen LogP contribution is -2.54. The summed E-state index contributed by atoms with van der Waals surface area (Å²) >= 11 is 0. The summed E-state index contributed by atoms with van der Waals surface area (Å²) < 4.78 is 17.0. The molecule has 9 nitrogen and oxygen atoms in total. The third-order valence-electron chi connectivity index (χ3n) is 7.03. The highest BCUT2D eigenvalue weighted by molar-refractivity contribution is 6.39. The Balaban J connectivity index is 1.49. The number of ether oxygens (including phenoxy) is 3. The van der Waals surface area contributed by atoms with Crippen molar-refractivity contribution in [2.24, 2.45) is 0 Å². The number of hydrogen-bond acceptors (Lipinski definition) is 7. The zero-order valence-corrected chi connectivity index (χ0v) is 24.3. The van der Waals surface area contributed by atoms with E-state index in [1.165, 1.54) is 37.5 Å². The van der Waals surface area contributed by atoms with Crippen LogP contribution in [0.2, 0.25) is 0 Å². The molecule has 5 rings (SSSR count). The predicted octanol–water partition coefficient (Wildman–Crippen LogP) is 6.00. The minimum Gasteiger partial charge on any atom is -0.490 e. The Morgan fingerprint density at radius 2 is 1.68 bits per heavy atom. The molecule has 4 aromatic rings. The van der Waals surface area contributed by atoms with E-state index >= 15 is 0 Å². The molecule has 0 atom stereocenters. The van der Waals surface area contributed by atoms with Gasteiger partial charge in [-0.05, 0) is 77.7 Å². The first-order valence-electron chi connectivity index (χ1n) is 13.9. The van der Waals surface area contributed by atoms with Crippen LogP contribution in [0.15, 0.2) is 97.1 Å². The second-order valence-electron chi connectivity index (χ2n) is 9.86. The zero-order valence-electron chi connectivity index (χ0n) is 24.3. The SMILES string of the molecule is C=CCc1cc(/C=C2\C(=O)NC(=O)N(c3ccc(C(=O)OC)cc3)C2=O)cc(OCC)c1OCc1cccc2ccccc12. The molecule has 222 valence electrons. The van der Waals surface area contributed by atoms with Gasteiger partial charge in [0.25, 0.3) is 11.8 Å². The maximum atomic E-state index is 13.5. The summed E-state index contributed by atoms with van der Waals surface area (Å²) in [4.78, 5) is 51.7. The summed E-state index contributed by atoms with van der Waals surface area (Å²) in [7, 11) is 1.25. The normalized spacial score (nSPS) is 14.0. The van der Waals surface area contributed by atoms with Crippen molar-refractivity contribution >= 4 is 46.4 Å². The Hall–Kier alpha value is -5.70. The molecule has 1 heterocycles. The van der Waals surface area contributed by atoms with Crippen molar-refractivity contribution in [1.82, 2.24) is 5.32 Å². The molecule has 4 amide bonds. The lowest BCUT2D eigenvalue weighted by Gasteiger charge is -2.26. The van der Waals surface area contributed by atoms with Gasteiger partial charge in [0.2, 0.25) is 0 Å². The molecule has 0 unspecified atom stereocenters. The van der Waals surface area contributed by atoms with E-state index in [1.807, 2.05) is 49.4 Å². The number of anilines is 1. The van der Waals surface area contributed by atoms with Crippen LogP contribution in [-0.4, -0.2) is 37.5 Å². The van der Waals surface area contributed by atoms with Gasteiger partial charge in [-0.3, -0.25) is 14.9 Å². The summed E-state index contributed by atoms with van der Waals surface area (Å²) in [6.45, 7) is 6.36. The number of esters is 1. The third kappa shape index (κ3) is 6.07. The molecule has 9 heteroatoms. The van der Waals surface area contributed by atoms with Crippen LogP contribution >= 0.6 is 0 Å². The molecule has 4 aromatic carbocycles. The van der Waals surface area contributed by atoms with Gasteiger partial charge in [0.05, 0.1) is 25.0 Å². The third-order valence-corrected chi connectivity index (χ3v) is 7.03. The number of urea groups is 1. The summed E-state index contributed by atoms with van der Waals surface area (Å²) in [6, 6.07) is 22.4. The summed E-state index contributed by atoms with van der Waals surface area (Å²) in [5, 5.41) is 4.41. The minimum atomic E-state index is -0.900. The maximum absolute atomic E-state index is 13.5. The van der Waals surface area contributed by atoms with Crippen LogP contribution in [-0.2, 0) is 27.4 Å². The monoisotopic (exact) mass is 590 g/mol. The standard InChI is InChI=1S/C35H30N2O7/c1-4-9-25-18-22(20-30(43-5-2)31(25)44-21-26-12-8-11-23-10-6-7-13-28(23)26)19-29-32(38)36-35(41)37(33(29)39)27-16-14-24(15-17-27)34(40)42-3/h4,6-8,10-20H,1,5,9,21H2,2-3H3,(H,36,38,41)/b29-19+. The van der Waals surface area contributed by atoms with Gasteiger partial charge in [0.1, 0.15) is 12.2 Å². The first-order valence-corrected chi connectivity index (χ1v) is 13.9. The number of amides is 4. The fourth-order valence-corrected chi connectivity index (χ4v) is 4.99. The van der Waals surface area contributed by atoms with Crippen molar-refractivity contribution in [1.29, 1.82) is 0 Å². The van der Waals surface area contributed by atoms with Crippen molar-refractivity contribution in [3.8, 4) is 11.5 Å². The average Bonchev–Trinajstić information content (AvgIpc) is 3.03. The van der Waals surface area contributed by atoms with Crippen LogP contribution in [0.3, 0.4) is 0 Å². The van der Waals surface area contributed by atoms with Gasteiger partial charge in [-0.15, -0.1) is 6.58 Å². The number of imide groups is 2. The highest BCUT2D eigenvalue weighted by Gasteiger charge is 2.37. The quantitative estimate of drug-likeness (QED) is 0.104. The van der Waals surface area contributed by atoms with Gasteiger partial charge >= 0.3 is 12.0 Å². The fraction of sp³-hybridized carbons (Fsp3) is 0.143. The molecular formula is C35H30N2O7. The second-order valence-corrected chi connectivity index (χ2v) is 9.86. The summed E-state index contributed by atoms with van der Waals surface area (Å²) in [5.74, 6) is -1.24. The molecule has 1 aliphatic heterocycles. The molecule has 1 N–H and O–H groups in total. The Bertz CT molecular complexity index is 1800. The van der Waals surface area contributed by atoms with Gasteiger partial charge in [0, 0.05) is 5.56 Å². The number of rotatable bonds is 10. The van der Waals surface area contributed by atoms with E-state index in [9.17, 15) is 19.2 Å². The predicted molar refractivity (Wildman–Crippen MR) is 167 cm³/mol. The number of hydrogen-bond donors (Lipinski definition) is 1. The fourth-order valence-electron chi connectivity index (χ4n) is 4.99. The van der Waals surface area contributed by atoms with Gasteiger partial charge in [-0.1, -0.05) is 48.5 Å². The molecule has 0 radical (unpaired) electrons. The molecule has 0 aliphatic carbocycles. The molecule has 0 saturated carbocycles. The number of fused-ring (bicyclic) bond motifs is 1. The zero-order chi connectivity index (χ0) is 31.2. The van der Waals surface area contributed by atoms with Crippen LogP contribution in [0.25, 0.3) is 16.8 Å².